The Balaban J connectivity index is 1.77. The Morgan fingerprint density at radius 2 is 1.87 bits per heavy atom. The smallest absolute Gasteiger partial charge is 0.329 e. The van der Waals surface area contributed by atoms with Crippen LogP contribution in [-0.2, 0) is 10.5 Å². The predicted molar refractivity (Wildman–Crippen MR) is 117 cm³/mol. The number of hydrogen-bond acceptors (Lipinski definition) is 3. The van der Waals surface area contributed by atoms with Crippen molar-refractivity contribution in [1.29, 1.82) is 0 Å². The van der Waals surface area contributed by atoms with Gasteiger partial charge in [0.25, 0.3) is 11.6 Å². The number of nitrogens with zero attached hydrogens (tertiary/aromatic N) is 1. The van der Waals surface area contributed by atoms with Crippen LogP contribution >= 0.6 is 11.6 Å². The van der Waals surface area contributed by atoms with Gasteiger partial charge in [-0.1, -0.05) is 56.5 Å². The van der Waals surface area contributed by atoms with Gasteiger partial charge < -0.3 is 15.7 Å². The van der Waals surface area contributed by atoms with Gasteiger partial charge in [-0.25, -0.2) is 4.79 Å². The Morgan fingerprint density at radius 1 is 1.17 bits per heavy atom. The minimum absolute atomic E-state index is 0.0607. The third-order valence-electron chi connectivity index (χ3n) is 6.50. The Hall–Kier alpha value is -2.57. The summed E-state index contributed by atoms with van der Waals surface area (Å²) in [6.45, 7) is 4.30. The van der Waals surface area contributed by atoms with Crippen molar-refractivity contribution in [2.45, 2.75) is 44.9 Å². The molecule has 0 bridgehead atoms. The normalized spacial score (nSPS) is 28.5. The fraction of sp³-hybridized carbons (Fsp3) is 0.391. The molecule has 2 aromatic rings. The molecule has 0 radical (unpaired) electrons. The Bertz CT molecular complexity index is 964. The minimum Gasteiger partial charge on any atom is -0.359 e. The van der Waals surface area contributed by atoms with Crippen molar-refractivity contribution in [3.8, 4) is 0 Å². The van der Waals surface area contributed by atoms with Gasteiger partial charge in [-0.05, 0) is 48.6 Å². The van der Waals surface area contributed by atoms with Crippen LogP contribution in [0.1, 0.15) is 38.7 Å². The SMILES string of the molecule is C[C@H]1[C@H](C)CCC[C@@H]1NC(=O)[C@]1(O)c2ccccc2NC(=O)N1c1ccc(Cl)cc1. The molecule has 3 N–H and O–H groups in total. The Kier molecular flexibility index (Phi) is 5.47. The molecule has 6 nitrogen and oxygen atoms in total. The Labute approximate surface area is 181 Å². The number of nitrogens with one attached hydrogen (secondary N) is 2. The molecule has 30 heavy (non-hydrogen) atoms. The average molecular weight is 428 g/mol. The number of fused-ring (bicyclic) bond motifs is 1. The molecule has 1 aliphatic carbocycles. The fourth-order valence-electron chi connectivity index (χ4n) is 4.51. The molecule has 1 aliphatic heterocycles. The molecule has 2 aliphatic rings. The van der Waals surface area contributed by atoms with Crippen molar-refractivity contribution in [3.05, 3.63) is 59.1 Å². The highest BCUT2D eigenvalue weighted by atomic mass is 35.5. The molecule has 0 unspecified atom stereocenters. The maximum Gasteiger partial charge on any atom is 0.329 e. The molecule has 7 heteroatoms. The molecule has 0 aromatic heterocycles. The molecule has 158 valence electrons. The summed E-state index contributed by atoms with van der Waals surface area (Å²) in [7, 11) is 0. The second kappa shape index (κ2) is 7.93. The molecule has 2 aromatic carbocycles. The first kappa shape index (κ1) is 20.7. The topological polar surface area (TPSA) is 81.7 Å². The lowest BCUT2D eigenvalue weighted by atomic mass is 9.78. The van der Waals surface area contributed by atoms with Gasteiger partial charge in [0.2, 0.25) is 0 Å². The van der Waals surface area contributed by atoms with E-state index in [9.17, 15) is 14.7 Å². The van der Waals surface area contributed by atoms with E-state index in [4.69, 9.17) is 11.6 Å². The van der Waals surface area contributed by atoms with Crippen LogP contribution in [-0.4, -0.2) is 23.1 Å². The van der Waals surface area contributed by atoms with Crippen molar-refractivity contribution in [1.82, 2.24) is 5.32 Å². The second-order valence-corrected chi connectivity index (χ2v) is 8.74. The number of amides is 3. The molecule has 4 atom stereocenters. The quantitative estimate of drug-likeness (QED) is 0.675. The summed E-state index contributed by atoms with van der Waals surface area (Å²) in [5.41, 5.74) is -1.08. The van der Waals surface area contributed by atoms with Crippen LogP contribution in [0.3, 0.4) is 0 Å². The first-order valence-corrected chi connectivity index (χ1v) is 10.7. The number of hydrogen-bond donors (Lipinski definition) is 3. The summed E-state index contributed by atoms with van der Waals surface area (Å²) in [6.07, 6.45) is 2.99. The number of halogens is 1. The standard InChI is InChI=1S/C23H26ClN3O3/c1-14-6-5-9-19(15(14)2)25-21(28)23(30)18-7-3-4-8-20(18)26-22(29)27(23)17-12-10-16(24)11-13-17/h3-4,7-8,10-15,19,30H,5-6,9H2,1-2H3,(H,25,28)(H,26,29)/t14-,15+,19+,23-/m1/s1. The van der Waals surface area contributed by atoms with E-state index in [1.54, 1.807) is 48.5 Å². The highest BCUT2D eigenvalue weighted by molar-refractivity contribution is 6.30. The molecule has 3 amide bonds. The summed E-state index contributed by atoms with van der Waals surface area (Å²) in [4.78, 5) is 27.7. The van der Waals surface area contributed by atoms with E-state index in [2.05, 4.69) is 24.5 Å². The van der Waals surface area contributed by atoms with Gasteiger partial charge >= 0.3 is 6.03 Å². The average Bonchev–Trinajstić information content (AvgIpc) is 2.72. The third-order valence-corrected chi connectivity index (χ3v) is 6.75. The van der Waals surface area contributed by atoms with Gasteiger partial charge in [-0.3, -0.25) is 9.69 Å². The van der Waals surface area contributed by atoms with E-state index in [1.807, 2.05) is 0 Å². The van der Waals surface area contributed by atoms with Gasteiger partial charge in [0.05, 0.1) is 5.69 Å². The lowest BCUT2D eigenvalue weighted by Gasteiger charge is -2.44. The van der Waals surface area contributed by atoms with Gasteiger partial charge in [0, 0.05) is 22.3 Å². The summed E-state index contributed by atoms with van der Waals surface area (Å²) < 4.78 is 0. The molecule has 1 heterocycles. The second-order valence-electron chi connectivity index (χ2n) is 8.31. The number of rotatable bonds is 3. The summed E-state index contributed by atoms with van der Waals surface area (Å²) >= 11 is 6.00. The fourth-order valence-corrected chi connectivity index (χ4v) is 4.63. The Morgan fingerprint density at radius 3 is 2.60 bits per heavy atom. The van der Waals surface area contributed by atoms with Gasteiger partial charge in [0.1, 0.15) is 0 Å². The van der Waals surface area contributed by atoms with Crippen LogP contribution in [0, 0.1) is 11.8 Å². The van der Waals surface area contributed by atoms with Crippen LogP contribution in [0.15, 0.2) is 48.5 Å². The molecule has 0 saturated heterocycles. The van der Waals surface area contributed by atoms with Crippen LogP contribution < -0.4 is 15.5 Å². The van der Waals surface area contributed by atoms with E-state index in [1.165, 1.54) is 0 Å². The van der Waals surface area contributed by atoms with Crippen LogP contribution in [0.4, 0.5) is 16.2 Å². The highest BCUT2D eigenvalue weighted by Crippen LogP contribution is 2.40. The van der Waals surface area contributed by atoms with Gasteiger partial charge in [-0.2, -0.15) is 0 Å². The monoisotopic (exact) mass is 427 g/mol. The van der Waals surface area contributed by atoms with E-state index in [0.29, 0.717) is 27.9 Å². The number of anilines is 2. The molecule has 1 saturated carbocycles. The minimum atomic E-state index is -2.19. The molecular formula is C23H26ClN3O3. The van der Waals surface area contributed by atoms with Crippen molar-refractivity contribution < 1.29 is 14.7 Å². The first-order chi connectivity index (χ1) is 14.3. The van der Waals surface area contributed by atoms with Crippen molar-refractivity contribution in [3.63, 3.8) is 0 Å². The largest absolute Gasteiger partial charge is 0.359 e. The van der Waals surface area contributed by atoms with Gasteiger partial charge in [-0.15, -0.1) is 0 Å². The predicted octanol–water partition coefficient (Wildman–Crippen LogP) is 4.48. The lowest BCUT2D eigenvalue weighted by molar-refractivity contribution is -0.141. The molecule has 0 spiro atoms. The molecular weight excluding hydrogens is 402 g/mol. The lowest BCUT2D eigenvalue weighted by Crippen LogP contribution is -2.64. The number of aliphatic hydroxyl groups is 1. The van der Waals surface area contributed by atoms with Crippen LogP contribution in [0.5, 0.6) is 0 Å². The van der Waals surface area contributed by atoms with Gasteiger partial charge in [0.15, 0.2) is 0 Å². The van der Waals surface area contributed by atoms with E-state index < -0.39 is 17.7 Å². The van der Waals surface area contributed by atoms with E-state index in [0.717, 1.165) is 24.2 Å². The number of benzene rings is 2. The van der Waals surface area contributed by atoms with Crippen LogP contribution in [0.2, 0.25) is 5.02 Å². The number of carbonyl (C=O) groups excluding carboxylic acids is 2. The highest BCUT2D eigenvalue weighted by Gasteiger charge is 2.52. The third kappa shape index (κ3) is 3.44. The van der Waals surface area contributed by atoms with Crippen molar-refractivity contribution in [2.24, 2.45) is 11.8 Å². The maximum absolute atomic E-state index is 13.6. The zero-order chi connectivity index (χ0) is 21.5. The first-order valence-electron chi connectivity index (χ1n) is 10.3. The maximum atomic E-state index is 13.6. The summed E-state index contributed by atoms with van der Waals surface area (Å²) in [6, 6.07) is 12.6. The van der Waals surface area contributed by atoms with Crippen molar-refractivity contribution >= 4 is 34.9 Å². The summed E-state index contributed by atoms with van der Waals surface area (Å²) in [5, 5.41) is 18.2. The molecule has 1 fully saturated rings. The van der Waals surface area contributed by atoms with Crippen molar-refractivity contribution in [2.75, 3.05) is 10.2 Å². The molecule has 4 rings (SSSR count). The van der Waals surface area contributed by atoms with Crippen LogP contribution in [0.25, 0.3) is 0 Å². The number of carbonyl (C=O) groups is 2. The summed E-state index contributed by atoms with van der Waals surface area (Å²) in [5.74, 6) is 0.154. The number of urea groups is 1. The zero-order valence-corrected chi connectivity index (χ0v) is 17.8. The van der Waals surface area contributed by atoms with E-state index in [-0.39, 0.29) is 12.0 Å². The van der Waals surface area contributed by atoms with E-state index >= 15 is 0 Å². The zero-order valence-electron chi connectivity index (χ0n) is 17.1. The number of para-hydroxylation sites is 1.